The van der Waals surface area contributed by atoms with E-state index in [2.05, 4.69) is 0 Å². The van der Waals surface area contributed by atoms with Gasteiger partial charge in [0.25, 0.3) is 0 Å². The summed E-state index contributed by atoms with van der Waals surface area (Å²) in [4.78, 5) is 11.7. The number of carbonyl (C=O) groups excluding carboxylic acids is 1. The van der Waals surface area contributed by atoms with E-state index >= 15 is 0 Å². The first-order valence-electron chi connectivity index (χ1n) is 5.35. The molecule has 2 saturated heterocycles. The van der Waals surface area contributed by atoms with Crippen LogP contribution in [0.4, 0.5) is 0 Å². The Hall–Kier alpha value is -0.730. The van der Waals surface area contributed by atoms with Crippen molar-refractivity contribution in [2.75, 3.05) is 13.2 Å². The van der Waals surface area contributed by atoms with Crippen LogP contribution in [-0.4, -0.2) is 64.2 Å². The van der Waals surface area contributed by atoms with Gasteiger partial charge in [0.2, 0.25) is 5.60 Å². The van der Waals surface area contributed by atoms with Crippen molar-refractivity contribution in [1.82, 2.24) is 0 Å². The fourth-order valence-corrected chi connectivity index (χ4v) is 2.27. The van der Waals surface area contributed by atoms with Crippen LogP contribution in [0.3, 0.4) is 0 Å². The number of cyclic esters (lactones) is 1. The molecule has 1 unspecified atom stereocenters. The third kappa shape index (κ3) is 1.74. The molecule has 0 bridgehead atoms. The first kappa shape index (κ1) is 12.7. The van der Waals surface area contributed by atoms with E-state index in [1.165, 1.54) is 0 Å². The number of fused-ring (bicyclic) bond motifs is 1. The van der Waals surface area contributed by atoms with Gasteiger partial charge in [0.05, 0.1) is 13.2 Å². The minimum Gasteiger partial charge on any atom is -0.454 e. The largest absolute Gasteiger partial charge is 0.454 e. The molecular weight excluding hydrogens is 232 g/mol. The maximum absolute atomic E-state index is 11.7. The number of hydrogen-bond acceptors (Lipinski definition) is 7. The summed E-state index contributed by atoms with van der Waals surface area (Å²) < 4.78 is 15.8. The summed E-state index contributed by atoms with van der Waals surface area (Å²) >= 11 is 0. The molecule has 17 heavy (non-hydrogen) atoms. The van der Waals surface area contributed by atoms with Crippen LogP contribution >= 0.6 is 0 Å². The normalized spacial score (nSPS) is 41.1. The summed E-state index contributed by atoms with van der Waals surface area (Å²) in [7, 11) is 0. The minimum absolute atomic E-state index is 0.570. The Morgan fingerprint density at radius 3 is 2.59 bits per heavy atom. The summed E-state index contributed by atoms with van der Waals surface area (Å²) in [6, 6.07) is 0. The predicted octanol–water partition coefficient (Wildman–Crippen LogP) is -1.85. The monoisotopic (exact) mass is 248 g/mol. The Labute approximate surface area is 97.9 Å². The Bertz CT molecular complexity index is 329. The average molecular weight is 248 g/mol. The third-order valence-corrected chi connectivity index (χ3v) is 2.99. The smallest absolute Gasteiger partial charge is 0.344 e. The second-order valence-corrected chi connectivity index (χ2v) is 4.71. The predicted molar refractivity (Wildman–Crippen MR) is 52.8 cm³/mol. The molecule has 0 aromatic rings. The van der Waals surface area contributed by atoms with Gasteiger partial charge in [-0.25, -0.2) is 4.79 Å². The number of aliphatic hydroxyl groups excluding tert-OH is 3. The summed E-state index contributed by atoms with van der Waals surface area (Å²) in [6.07, 6.45) is -3.24. The van der Waals surface area contributed by atoms with E-state index in [9.17, 15) is 15.0 Å². The Kier molecular flexibility index (Phi) is 2.91. The summed E-state index contributed by atoms with van der Waals surface area (Å²) in [5.74, 6) is -1.84. The molecule has 2 heterocycles. The van der Waals surface area contributed by atoms with E-state index in [0.29, 0.717) is 0 Å². The highest BCUT2D eigenvalue weighted by molar-refractivity contribution is 5.84. The Morgan fingerprint density at radius 2 is 2.06 bits per heavy atom. The Morgan fingerprint density at radius 1 is 1.41 bits per heavy atom. The molecular formula is C10H16O7. The second kappa shape index (κ2) is 3.89. The first-order valence-corrected chi connectivity index (χ1v) is 5.35. The molecule has 98 valence electrons. The molecule has 2 rings (SSSR count). The van der Waals surface area contributed by atoms with Gasteiger partial charge in [-0.15, -0.1) is 0 Å². The quantitative estimate of drug-likeness (QED) is 0.503. The van der Waals surface area contributed by atoms with Crippen molar-refractivity contribution >= 4 is 5.97 Å². The molecule has 0 spiro atoms. The molecule has 0 saturated carbocycles. The maximum atomic E-state index is 11.7. The number of rotatable bonds is 3. The zero-order valence-electron chi connectivity index (χ0n) is 9.62. The average Bonchev–Trinajstić information content (AvgIpc) is 2.69. The lowest BCUT2D eigenvalue weighted by Gasteiger charge is -2.23. The second-order valence-electron chi connectivity index (χ2n) is 4.71. The number of aliphatic hydroxyl groups is 3. The number of esters is 1. The SMILES string of the molecule is CC1(C)O[C@H]2C([C@H](O)CO)OC(=O)[C@@]2(CO)O1. The summed E-state index contributed by atoms with van der Waals surface area (Å²) in [6.45, 7) is 2.02. The molecule has 0 aromatic carbocycles. The number of hydrogen-bond donors (Lipinski definition) is 3. The molecule has 0 radical (unpaired) electrons. The number of ether oxygens (including phenoxy) is 3. The molecule has 4 atom stereocenters. The van der Waals surface area contributed by atoms with E-state index < -0.39 is 48.9 Å². The van der Waals surface area contributed by atoms with Gasteiger partial charge in [0.15, 0.2) is 11.9 Å². The van der Waals surface area contributed by atoms with E-state index in [0.717, 1.165) is 0 Å². The zero-order valence-corrected chi connectivity index (χ0v) is 9.62. The molecule has 2 aliphatic rings. The molecule has 0 aromatic heterocycles. The number of carbonyl (C=O) groups is 1. The van der Waals surface area contributed by atoms with Crippen molar-refractivity contribution in [2.24, 2.45) is 0 Å². The van der Waals surface area contributed by atoms with Gasteiger partial charge in [-0.3, -0.25) is 0 Å². The van der Waals surface area contributed by atoms with Crippen LogP contribution in [0.2, 0.25) is 0 Å². The van der Waals surface area contributed by atoms with Crippen LogP contribution in [0.1, 0.15) is 13.8 Å². The molecule has 7 nitrogen and oxygen atoms in total. The van der Waals surface area contributed by atoms with Crippen LogP contribution in [0.25, 0.3) is 0 Å². The van der Waals surface area contributed by atoms with Crippen LogP contribution < -0.4 is 0 Å². The lowest BCUT2D eigenvalue weighted by molar-refractivity contribution is -0.207. The maximum Gasteiger partial charge on any atom is 0.344 e. The fraction of sp³-hybridized carbons (Fsp3) is 0.900. The summed E-state index contributed by atoms with van der Waals surface area (Å²) in [5, 5.41) is 27.8. The highest BCUT2D eigenvalue weighted by atomic mass is 16.8. The molecule has 2 aliphatic heterocycles. The van der Waals surface area contributed by atoms with Gasteiger partial charge in [0, 0.05) is 0 Å². The fourth-order valence-electron chi connectivity index (χ4n) is 2.27. The van der Waals surface area contributed by atoms with E-state index in [1.54, 1.807) is 13.8 Å². The topological polar surface area (TPSA) is 105 Å². The van der Waals surface area contributed by atoms with Gasteiger partial charge < -0.3 is 29.5 Å². The van der Waals surface area contributed by atoms with Crippen molar-refractivity contribution in [1.29, 1.82) is 0 Å². The zero-order chi connectivity index (χ0) is 12.8. The molecule has 0 amide bonds. The Balaban J connectivity index is 2.32. The molecule has 7 heteroatoms. The van der Waals surface area contributed by atoms with Crippen molar-refractivity contribution in [3.63, 3.8) is 0 Å². The lowest BCUT2D eigenvalue weighted by Crippen LogP contribution is -2.49. The van der Waals surface area contributed by atoms with E-state index in [1.807, 2.05) is 0 Å². The van der Waals surface area contributed by atoms with Gasteiger partial charge >= 0.3 is 5.97 Å². The van der Waals surface area contributed by atoms with Crippen LogP contribution in [0.5, 0.6) is 0 Å². The molecule has 3 N–H and O–H groups in total. The standard InChI is InChI=1S/C10H16O7/c1-9(2)16-7-6(5(13)3-11)15-8(14)10(7,4-12)17-9/h5-7,11-13H,3-4H2,1-2H3/t5-,6?,7+,10+/m1/s1. The van der Waals surface area contributed by atoms with Crippen LogP contribution in [0.15, 0.2) is 0 Å². The van der Waals surface area contributed by atoms with Gasteiger partial charge in [-0.05, 0) is 13.8 Å². The first-order chi connectivity index (χ1) is 7.86. The van der Waals surface area contributed by atoms with Crippen molar-refractivity contribution < 1.29 is 34.3 Å². The minimum atomic E-state index is -1.61. The molecule has 0 aliphatic carbocycles. The molecule has 2 fully saturated rings. The highest BCUT2D eigenvalue weighted by Gasteiger charge is 2.68. The van der Waals surface area contributed by atoms with Gasteiger partial charge in [0.1, 0.15) is 12.2 Å². The van der Waals surface area contributed by atoms with Crippen molar-refractivity contribution in [3.8, 4) is 0 Å². The van der Waals surface area contributed by atoms with Crippen molar-refractivity contribution in [3.05, 3.63) is 0 Å². The third-order valence-electron chi connectivity index (χ3n) is 2.99. The van der Waals surface area contributed by atoms with Crippen LogP contribution in [-0.2, 0) is 19.0 Å². The summed E-state index contributed by atoms with van der Waals surface area (Å²) in [5.41, 5.74) is -1.61. The van der Waals surface area contributed by atoms with Crippen LogP contribution in [0, 0.1) is 0 Å². The van der Waals surface area contributed by atoms with Gasteiger partial charge in [-0.2, -0.15) is 0 Å². The lowest BCUT2D eigenvalue weighted by atomic mass is 9.95. The van der Waals surface area contributed by atoms with E-state index in [4.69, 9.17) is 19.3 Å². The highest BCUT2D eigenvalue weighted by Crippen LogP contribution is 2.44. The van der Waals surface area contributed by atoms with Gasteiger partial charge in [-0.1, -0.05) is 0 Å². The van der Waals surface area contributed by atoms with E-state index in [-0.39, 0.29) is 0 Å². The van der Waals surface area contributed by atoms with Crippen molar-refractivity contribution in [2.45, 2.75) is 43.5 Å².